The Balaban J connectivity index is 1.12. The maximum Gasteiger partial charge on any atom is 0.332 e. The van der Waals surface area contributed by atoms with Crippen molar-refractivity contribution in [2.24, 2.45) is 46.7 Å². The van der Waals surface area contributed by atoms with E-state index in [2.05, 4.69) is 0 Å². The van der Waals surface area contributed by atoms with Crippen molar-refractivity contribution < 1.29 is 38.1 Å². The first-order valence-corrected chi connectivity index (χ1v) is 13.4. The lowest BCUT2D eigenvalue weighted by molar-refractivity contribution is -0.206. The highest BCUT2D eigenvalue weighted by atomic mass is 19.1. The number of carboxylic acids is 1. The fraction of sp³-hybridized carbons (Fsp3) is 0.679. The average molecular weight is 516 g/mol. The van der Waals surface area contributed by atoms with Crippen molar-refractivity contribution in [2.75, 3.05) is 0 Å². The van der Waals surface area contributed by atoms with Gasteiger partial charge < -0.3 is 25.1 Å². The van der Waals surface area contributed by atoms with Gasteiger partial charge in [-0.05, 0) is 86.3 Å². The van der Waals surface area contributed by atoms with E-state index in [9.17, 15) is 23.9 Å². The van der Waals surface area contributed by atoms with Gasteiger partial charge in [-0.2, -0.15) is 0 Å². The molecule has 7 rings (SSSR count). The van der Waals surface area contributed by atoms with Gasteiger partial charge in [0.1, 0.15) is 11.4 Å². The highest BCUT2D eigenvalue weighted by Gasteiger charge is 2.75. The van der Waals surface area contributed by atoms with Gasteiger partial charge in [0, 0.05) is 12.8 Å². The number of carbonyl (C=O) groups is 3. The number of fused-ring (bicyclic) bond motifs is 1. The number of nitrogens with two attached hydrogens (primary N) is 1. The Morgan fingerprint density at radius 2 is 1.57 bits per heavy atom. The van der Waals surface area contributed by atoms with Crippen LogP contribution < -0.4 is 5.73 Å². The minimum Gasteiger partial charge on any atom is -0.481 e. The monoisotopic (exact) mass is 515 g/mol. The number of carboxylic acid groups (broad SMARTS) is 1. The molecule has 6 aliphatic carbocycles. The molecule has 4 bridgehead atoms. The van der Waals surface area contributed by atoms with Crippen molar-refractivity contribution in [3.8, 4) is 0 Å². The third-order valence-electron chi connectivity index (χ3n) is 9.76. The van der Waals surface area contributed by atoms with Gasteiger partial charge in [-0.25, -0.2) is 9.18 Å². The molecule has 6 unspecified atom stereocenters. The van der Waals surface area contributed by atoms with Crippen LogP contribution in [0.1, 0.15) is 57.4 Å². The van der Waals surface area contributed by atoms with Crippen LogP contribution in [0.2, 0.25) is 0 Å². The third-order valence-corrected chi connectivity index (χ3v) is 9.76. The fourth-order valence-electron chi connectivity index (χ4n) is 8.48. The zero-order valence-electron chi connectivity index (χ0n) is 20.9. The van der Waals surface area contributed by atoms with Crippen molar-refractivity contribution in [2.45, 2.75) is 76.4 Å². The van der Waals surface area contributed by atoms with Gasteiger partial charge in [0.25, 0.3) is 0 Å². The summed E-state index contributed by atoms with van der Waals surface area (Å²) in [6.07, 6.45) is 4.47. The summed E-state index contributed by atoms with van der Waals surface area (Å²) in [6, 6.07) is 5.78. The van der Waals surface area contributed by atoms with Crippen LogP contribution in [0.25, 0.3) is 0 Å². The number of hydrogen-bond donors (Lipinski definition) is 2. The molecule has 0 spiro atoms. The molecule has 0 radical (unpaired) electrons. The molecular weight excluding hydrogens is 481 g/mol. The number of carbonyl (C=O) groups excluding carboxylic acids is 2. The molecule has 1 aromatic carbocycles. The number of rotatable bonds is 8. The lowest BCUT2D eigenvalue weighted by atomic mass is 9.49. The fourth-order valence-corrected chi connectivity index (χ4v) is 8.48. The smallest absolute Gasteiger partial charge is 0.332 e. The normalized spacial score (nSPS) is 41.6. The van der Waals surface area contributed by atoms with Crippen LogP contribution in [0.5, 0.6) is 0 Å². The number of ether oxygens (including phenoxy) is 3. The third kappa shape index (κ3) is 4.14. The number of benzene rings is 1. The Morgan fingerprint density at radius 1 is 1.00 bits per heavy atom. The molecule has 3 N–H and O–H groups in total. The van der Waals surface area contributed by atoms with Gasteiger partial charge >= 0.3 is 17.9 Å². The summed E-state index contributed by atoms with van der Waals surface area (Å²) < 4.78 is 30.5. The molecule has 6 atom stereocenters. The number of esters is 2. The van der Waals surface area contributed by atoms with E-state index in [-0.39, 0.29) is 24.3 Å². The van der Waals surface area contributed by atoms with Crippen LogP contribution in [0.4, 0.5) is 4.39 Å². The van der Waals surface area contributed by atoms with Crippen molar-refractivity contribution >= 4 is 17.9 Å². The van der Waals surface area contributed by atoms with Crippen LogP contribution >= 0.6 is 0 Å². The summed E-state index contributed by atoms with van der Waals surface area (Å²) >= 11 is 0. The molecule has 8 nitrogen and oxygen atoms in total. The second-order valence-electron chi connectivity index (χ2n) is 12.2. The standard InChI is InChI=1S/C28H34FNO7/c1-14(36-25(33)27-10-16-6-17(11-27)8-18(7-16)12-27)37-26(34)28(30)21(9-20-22(23(20)28)24(31)32)35-13-15-2-4-19(29)5-3-15/h2-5,14,16-18,20-23H,6-13,30H2,1H3,(H,31,32). The predicted molar refractivity (Wildman–Crippen MR) is 127 cm³/mol. The number of halogens is 1. The van der Waals surface area contributed by atoms with E-state index in [4.69, 9.17) is 19.9 Å². The van der Waals surface area contributed by atoms with Crippen LogP contribution in [0.15, 0.2) is 24.3 Å². The van der Waals surface area contributed by atoms with Crippen LogP contribution in [0.3, 0.4) is 0 Å². The minimum atomic E-state index is -1.69. The molecular formula is C28H34FNO7. The second kappa shape index (κ2) is 8.76. The van der Waals surface area contributed by atoms with Crippen molar-refractivity contribution in [1.82, 2.24) is 0 Å². The lowest BCUT2D eigenvalue weighted by Crippen LogP contribution is -2.60. The first kappa shape index (κ1) is 24.8. The molecule has 1 aromatic rings. The van der Waals surface area contributed by atoms with Crippen LogP contribution in [-0.4, -0.2) is 40.9 Å². The molecule has 0 saturated heterocycles. The Hall–Kier alpha value is -2.52. The minimum absolute atomic E-state index is 0.0882. The van der Waals surface area contributed by atoms with Gasteiger partial charge in [0.2, 0.25) is 6.29 Å². The highest BCUT2D eigenvalue weighted by Crippen LogP contribution is 2.63. The summed E-state index contributed by atoms with van der Waals surface area (Å²) in [5.41, 5.74) is 5.14. The summed E-state index contributed by atoms with van der Waals surface area (Å²) in [5, 5.41) is 9.59. The van der Waals surface area contributed by atoms with E-state index in [1.54, 1.807) is 12.1 Å². The number of hydrogen-bond acceptors (Lipinski definition) is 7. The predicted octanol–water partition coefficient (Wildman–Crippen LogP) is 3.41. The highest BCUT2D eigenvalue weighted by molar-refractivity contribution is 5.87. The van der Waals surface area contributed by atoms with Crippen LogP contribution in [0, 0.1) is 46.7 Å². The van der Waals surface area contributed by atoms with Crippen LogP contribution in [-0.2, 0) is 35.2 Å². The Morgan fingerprint density at radius 3 is 2.14 bits per heavy atom. The summed E-state index contributed by atoms with van der Waals surface area (Å²) in [6.45, 7) is 1.59. The molecule has 6 fully saturated rings. The molecule has 6 aliphatic rings. The summed E-state index contributed by atoms with van der Waals surface area (Å²) in [4.78, 5) is 38.4. The van der Waals surface area contributed by atoms with Crippen molar-refractivity contribution in [3.63, 3.8) is 0 Å². The van der Waals surface area contributed by atoms with Gasteiger partial charge in [-0.3, -0.25) is 9.59 Å². The molecule has 9 heteroatoms. The molecule has 0 aliphatic heterocycles. The molecule has 6 saturated carbocycles. The zero-order chi connectivity index (χ0) is 26.1. The molecule has 37 heavy (non-hydrogen) atoms. The summed E-state index contributed by atoms with van der Waals surface area (Å²) in [7, 11) is 0. The van der Waals surface area contributed by atoms with E-state index >= 15 is 0 Å². The molecule has 0 aromatic heterocycles. The molecule has 200 valence electrons. The molecule has 0 amide bonds. The first-order valence-electron chi connectivity index (χ1n) is 13.4. The zero-order valence-corrected chi connectivity index (χ0v) is 20.9. The van der Waals surface area contributed by atoms with Crippen molar-refractivity contribution in [3.05, 3.63) is 35.6 Å². The SMILES string of the molecule is CC(OC(=O)C12CC3CC(CC(C3)C1)C2)OC(=O)C1(N)C(OCc2ccc(F)cc2)CC2C(C(=O)O)C21. The second-order valence-corrected chi connectivity index (χ2v) is 12.2. The summed E-state index contributed by atoms with van der Waals surface area (Å²) in [5.74, 6) is -2.45. The Labute approximate surface area is 215 Å². The number of aliphatic carboxylic acids is 1. The topological polar surface area (TPSA) is 125 Å². The van der Waals surface area contributed by atoms with E-state index in [1.165, 1.54) is 38.3 Å². The van der Waals surface area contributed by atoms with Gasteiger partial charge in [-0.1, -0.05) is 12.1 Å². The average Bonchev–Trinajstić information content (AvgIpc) is 3.48. The van der Waals surface area contributed by atoms with Gasteiger partial charge in [-0.15, -0.1) is 0 Å². The van der Waals surface area contributed by atoms with E-state index in [0.717, 1.165) is 19.3 Å². The van der Waals surface area contributed by atoms with E-state index in [0.29, 0.717) is 29.7 Å². The van der Waals surface area contributed by atoms with E-state index < -0.39 is 47.1 Å². The first-order chi connectivity index (χ1) is 17.6. The van der Waals surface area contributed by atoms with E-state index in [1.807, 2.05) is 0 Å². The van der Waals surface area contributed by atoms with Gasteiger partial charge in [0.05, 0.1) is 24.0 Å². The largest absolute Gasteiger partial charge is 0.481 e. The van der Waals surface area contributed by atoms with Gasteiger partial charge in [0.15, 0.2) is 0 Å². The van der Waals surface area contributed by atoms with Crippen molar-refractivity contribution in [1.29, 1.82) is 0 Å². The lowest BCUT2D eigenvalue weighted by Gasteiger charge is -2.55. The maximum atomic E-state index is 13.4. The maximum absolute atomic E-state index is 13.4. The quantitative estimate of drug-likeness (QED) is 0.399. The molecule has 0 heterocycles. The Kier molecular flexibility index (Phi) is 5.87. The Bertz CT molecular complexity index is 1070.